The molecule has 2 aromatic rings. The van der Waals surface area contributed by atoms with Crippen molar-refractivity contribution in [3.05, 3.63) is 29.2 Å². The standard InChI is InChI=1S/C21H27F3N4O/c1-13-10-19(17-4-3-9-27(12-29)14(17)2)28-20(25-13)11-18(26-28)15-5-7-16(8-6-15)21(22,23)24/h10-12,14-17H,3-9H2,1-2H3/t14-,15?,16?,17-/m0/s1. The molecule has 2 fully saturated rings. The van der Waals surface area contributed by atoms with E-state index < -0.39 is 12.1 Å². The first-order valence-corrected chi connectivity index (χ1v) is 10.4. The average Bonchev–Trinajstić information content (AvgIpc) is 3.11. The summed E-state index contributed by atoms with van der Waals surface area (Å²) in [4.78, 5) is 17.8. The first-order chi connectivity index (χ1) is 13.8. The predicted octanol–water partition coefficient (Wildman–Crippen LogP) is 4.60. The van der Waals surface area contributed by atoms with Crippen molar-refractivity contribution in [1.82, 2.24) is 19.5 Å². The Morgan fingerprint density at radius 2 is 1.86 bits per heavy atom. The van der Waals surface area contributed by atoms with Crippen molar-refractivity contribution in [1.29, 1.82) is 0 Å². The molecule has 1 saturated carbocycles. The summed E-state index contributed by atoms with van der Waals surface area (Å²) in [6.07, 6.45) is 0.0436. The molecule has 2 atom stereocenters. The second kappa shape index (κ2) is 7.61. The highest BCUT2D eigenvalue weighted by molar-refractivity contribution is 5.49. The van der Waals surface area contributed by atoms with Crippen molar-refractivity contribution in [2.24, 2.45) is 5.92 Å². The molecule has 5 nitrogen and oxygen atoms in total. The molecule has 0 N–H and O–H groups in total. The van der Waals surface area contributed by atoms with Gasteiger partial charge in [-0.25, -0.2) is 9.50 Å². The fraction of sp³-hybridized carbons (Fsp3) is 0.667. The highest BCUT2D eigenvalue weighted by atomic mass is 19.4. The van der Waals surface area contributed by atoms with Gasteiger partial charge in [0.1, 0.15) is 0 Å². The molecule has 0 aromatic carbocycles. The number of halogens is 3. The number of rotatable bonds is 3. The summed E-state index contributed by atoms with van der Waals surface area (Å²) < 4.78 is 40.8. The van der Waals surface area contributed by atoms with Gasteiger partial charge in [0.2, 0.25) is 6.41 Å². The molecule has 0 unspecified atom stereocenters. The van der Waals surface area contributed by atoms with Crippen LogP contribution in [0.1, 0.15) is 74.4 Å². The molecule has 3 heterocycles. The fourth-order valence-corrected chi connectivity index (χ4v) is 5.04. The van der Waals surface area contributed by atoms with Crippen LogP contribution in [0.5, 0.6) is 0 Å². The van der Waals surface area contributed by atoms with Gasteiger partial charge in [-0.2, -0.15) is 18.3 Å². The van der Waals surface area contributed by atoms with Crippen molar-refractivity contribution in [2.75, 3.05) is 6.54 Å². The first kappa shape index (κ1) is 20.2. The lowest BCUT2D eigenvalue weighted by atomic mass is 9.80. The number of carbonyl (C=O) groups is 1. The van der Waals surface area contributed by atoms with Gasteiger partial charge < -0.3 is 4.90 Å². The number of aromatic nitrogens is 3. The van der Waals surface area contributed by atoms with Gasteiger partial charge in [-0.15, -0.1) is 0 Å². The van der Waals surface area contributed by atoms with Gasteiger partial charge >= 0.3 is 6.18 Å². The van der Waals surface area contributed by atoms with Gasteiger partial charge in [0.05, 0.1) is 17.3 Å². The van der Waals surface area contributed by atoms with E-state index >= 15 is 0 Å². The monoisotopic (exact) mass is 408 g/mol. The van der Waals surface area contributed by atoms with Crippen LogP contribution in [0.25, 0.3) is 5.65 Å². The van der Waals surface area contributed by atoms with Crippen LogP contribution in [0, 0.1) is 12.8 Å². The molecular weight excluding hydrogens is 381 g/mol. The third kappa shape index (κ3) is 3.85. The van der Waals surface area contributed by atoms with Gasteiger partial charge in [0.15, 0.2) is 5.65 Å². The molecule has 1 aliphatic carbocycles. The minimum Gasteiger partial charge on any atom is -0.342 e. The lowest BCUT2D eigenvalue weighted by Crippen LogP contribution is -2.41. The van der Waals surface area contributed by atoms with Gasteiger partial charge in [0, 0.05) is 36.2 Å². The Hall–Kier alpha value is -2.12. The highest BCUT2D eigenvalue weighted by Crippen LogP contribution is 2.43. The Morgan fingerprint density at radius 1 is 1.14 bits per heavy atom. The molecule has 1 saturated heterocycles. The molecular formula is C21H27F3N4O. The molecule has 0 spiro atoms. The average molecular weight is 408 g/mol. The van der Waals surface area contributed by atoms with Gasteiger partial charge in [0.25, 0.3) is 0 Å². The number of fused-ring (bicyclic) bond motifs is 1. The summed E-state index contributed by atoms with van der Waals surface area (Å²) in [5.74, 6) is -0.991. The molecule has 1 aliphatic heterocycles. The van der Waals surface area contributed by atoms with Gasteiger partial charge in [-0.3, -0.25) is 4.79 Å². The van der Waals surface area contributed by atoms with E-state index in [4.69, 9.17) is 5.10 Å². The lowest BCUT2D eigenvalue weighted by molar-refractivity contribution is -0.182. The van der Waals surface area contributed by atoms with Gasteiger partial charge in [-0.05, 0) is 58.4 Å². The van der Waals surface area contributed by atoms with E-state index in [0.29, 0.717) is 12.8 Å². The maximum Gasteiger partial charge on any atom is 0.391 e. The number of alkyl halides is 3. The highest BCUT2D eigenvalue weighted by Gasteiger charge is 2.42. The molecule has 29 heavy (non-hydrogen) atoms. The number of hydrogen-bond acceptors (Lipinski definition) is 3. The molecule has 2 aromatic heterocycles. The Labute approximate surface area is 168 Å². The maximum absolute atomic E-state index is 13.0. The number of likely N-dealkylation sites (tertiary alicyclic amines) is 1. The summed E-state index contributed by atoms with van der Waals surface area (Å²) in [6, 6.07) is 4.03. The van der Waals surface area contributed by atoms with E-state index in [1.807, 2.05) is 28.5 Å². The molecule has 0 bridgehead atoms. The molecule has 0 radical (unpaired) electrons. The zero-order valence-electron chi connectivity index (χ0n) is 16.8. The van der Waals surface area contributed by atoms with Gasteiger partial charge in [-0.1, -0.05) is 0 Å². The van der Waals surface area contributed by atoms with Crippen LogP contribution in [0.15, 0.2) is 12.1 Å². The number of piperidine rings is 1. The Balaban J connectivity index is 1.63. The van der Waals surface area contributed by atoms with E-state index in [2.05, 4.69) is 11.9 Å². The molecule has 4 rings (SSSR count). The van der Waals surface area contributed by atoms with Crippen molar-refractivity contribution in [2.45, 2.75) is 76.4 Å². The minimum absolute atomic E-state index is 0.0405. The Kier molecular flexibility index (Phi) is 5.29. The minimum atomic E-state index is -4.10. The Morgan fingerprint density at radius 3 is 2.52 bits per heavy atom. The number of hydrogen-bond donors (Lipinski definition) is 0. The second-order valence-corrected chi connectivity index (χ2v) is 8.58. The van der Waals surface area contributed by atoms with E-state index in [9.17, 15) is 18.0 Å². The fourth-order valence-electron chi connectivity index (χ4n) is 5.04. The van der Waals surface area contributed by atoms with Crippen LogP contribution in [0.4, 0.5) is 13.2 Å². The number of amides is 1. The van der Waals surface area contributed by atoms with E-state index in [-0.39, 0.29) is 30.7 Å². The van der Waals surface area contributed by atoms with Crippen LogP contribution >= 0.6 is 0 Å². The largest absolute Gasteiger partial charge is 0.391 e. The maximum atomic E-state index is 13.0. The van der Waals surface area contributed by atoms with E-state index in [1.54, 1.807) is 0 Å². The zero-order valence-corrected chi connectivity index (χ0v) is 16.8. The third-order valence-corrected chi connectivity index (χ3v) is 6.76. The number of nitrogens with zero attached hydrogens (tertiary/aromatic N) is 4. The van der Waals surface area contributed by atoms with Crippen LogP contribution in [-0.4, -0.2) is 44.7 Å². The topological polar surface area (TPSA) is 50.5 Å². The second-order valence-electron chi connectivity index (χ2n) is 8.58. The van der Waals surface area contributed by atoms with Crippen molar-refractivity contribution in [3.63, 3.8) is 0 Å². The molecule has 1 amide bonds. The number of carbonyl (C=O) groups excluding carboxylic acids is 1. The van der Waals surface area contributed by atoms with Crippen molar-refractivity contribution < 1.29 is 18.0 Å². The normalized spacial score (nSPS) is 28.7. The summed E-state index contributed by atoms with van der Waals surface area (Å²) in [5, 5.41) is 4.79. The van der Waals surface area contributed by atoms with Crippen LogP contribution in [-0.2, 0) is 4.79 Å². The SMILES string of the molecule is Cc1cc([C@H]2CCCN(C=O)[C@H]2C)n2nc(C3CCC(C(F)(F)F)CC3)cc2n1. The quantitative estimate of drug-likeness (QED) is 0.698. The molecule has 2 aliphatic rings. The zero-order chi connectivity index (χ0) is 20.8. The molecule has 8 heteroatoms. The Bertz CT molecular complexity index is 886. The summed E-state index contributed by atoms with van der Waals surface area (Å²) in [6.45, 7) is 4.76. The van der Waals surface area contributed by atoms with Crippen molar-refractivity contribution in [3.8, 4) is 0 Å². The summed E-state index contributed by atoms with van der Waals surface area (Å²) >= 11 is 0. The molecule has 158 valence electrons. The summed E-state index contributed by atoms with van der Waals surface area (Å²) in [5.41, 5.74) is 3.49. The van der Waals surface area contributed by atoms with E-state index in [0.717, 1.165) is 48.5 Å². The van der Waals surface area contributed by atoms with E-state index in [1.165, 1.54) is 0 Å². The third-order valence-electron chi connectivity index (χ3n) is 6.76. The lowest BCUT2D eigenvalue weighted by Gasteiger charge is -2.37. The van der Waals surface area contributed by atoms with Crippen LogP contribution in [0.2, 0.25) is 0 Å². The number of aryl methyl sites for hydroxylation is 1. The smallest absolute Gasteiger partial charge is 0.342 e. The van der Waals surface area contributed by atoms with Crippen LogP contribution in [0.3, 0.4) is 0 Å². The predicted molar refractivity (Wildman–Crippen MR) is 103 cm³/mol. The summed E-state index contributed by atoms with van der Waals surface area (Å²) in [7, 11) is 0. The van der Waals surface area contributed by atoms with Crippen molar-refractivity contribution >= 4 is 12.1 Å². The first-order valence-electron chi connectivity index (χ1n) is 10.4. The van der Waals surface area contributed by atoms with Crippen LogP contribution < -0.4 is 0 Å².